The smallest absolute Gasteiger partial charge is 0.253 e. The number of aromatic nitrogens is 2. The lowest BCUT2D eigenvalue weighted by molar-refractivity contribution is 0.0944. The normalized spacial score (nSPS) is 11.0. The van der Waals surface area contributed by atoms with Crippen molar-refractivity contribution in [1.82, 2.24) is 15.5 Å². The molecular formula is C17H24N4O2. The number of hydrogen-bond donors (Lipinski definition) is 2. The van der Waals surface area contributed by atoms with E-state index in [4.69, 9.17) is 4.52 Å². The molecule has 0 spiro atoms. The van der Waals surface area contributed by atoms with Gasteiger partial charge in [0.1, 0.15) is 0 Å². The molecular weight excluding hydrogens is 292 g/mol. The topological polar surface area (TPSA) is 80.0 Å². The van der Waals surface area contributed by atoms with Gasteiger partial charge in [-0.05, 0) is 31.9 Å². The van der Waals surface area contributed by atoms with Crippen LogP contribution in [0.25, 0.3) is 0 Å². The highest BCUT2D eigenvalue weighted by molar-refractivity contribution is 5.99. The molecule has 0 radical (unpaired) electrons. The van der Waals surface area contributed by atoms with Crippen LogP contribution >= 0.6 is 0 Å². The number of hydrogen-bond acceptors (Lipinski definition) is 5. The molecule has 1 heterocycles. The van der Waals surface area contributed by atoms with E-state index in [9.17, 15) is 4.79 Å². The summed E-state index contributed by atoms with van der Waals surface area (Å²) >= 11 is 0. The fourth-order valence-electron chi connectivity index (χ4n) is 2.16. The van der Waals surface area contributed by atoms with E-state index in [1.807, 2.05) is 32.0 Å². The van der Waals surface area contributed by atoms with Gasteiger partial charge < -0.3 is 15.2 Å². The molecule has 6 heteroatoms. The Hall–Kier alpha value is -2.37. The fourth-order valence-corrected chi connectivity index (χ4v) is 2.16. The van der Waals surface area contributed by atoms with Gasteiger partial charge in [0.25, 0.3) is 5.91 Å². The lowest BCUT2D eigenvalue weighted by atomic mass is 10.1. The highest BCUT2D eigenvalue weighted by Crippen LogP contribution is 2.16. The van der Waals surface area contributed by atoms with Gasteiger partial charge in [-0.25, -0.2) is 0 Å². The molecule has 0 aliphatic rings. The number of nitrogens with zero attached hydrogens (tertiary/aromatic N) is 2. The van der Waals surface area contributed by atoms with Crippen LogP contribution in [0.15, 0.2) is 28.8 Å². The molecule has 2 aromatic rings. The number of rotatable bonds is 7. The fraction of sp³-hybridized carbons (Fsp3) is 0.471. The van der Waals surface area contributed by atoms with Gasteiger partial charge in [-0.15, -0.1) is 0 Å². The summed E-state index contributed by atoms with van der Waals surface area (Å²) in [6.45, 7) is 8.47. The molecule has 0 bridgehead atoms. The Bertz CT molecular complexity index is 650. The van der Waals surface area contributed by atoms with Gasteiger partial charge in [-0.3, -0.25) is 4.79 Å². The average molecular weight is 316 g/mol. The van der Waals surface area contributed by atoms with Gasteiger partial charge in [-0.2, -0.15) is 4.98 Å². The second kappa shape index (κ2) is 7.76. The molecule has 2 rings (SSSR count). The van der Waals surface area contributed by atoms with Crippen molar-refractivity contribution in [3.8, 4) is 0 Å². The Morgan fingerprint density at radius 2 is 1.96 bits per heavy atom. The van der Waals surface area contributed by atoms with Crippen LogP contribution in [-0.4, -0.2) is 22.1 Å². The summed E-state index contributed by atoms with van der Waals surface area (Å²) in [4.78, 5) is 16.6. The minimum atomic E-state index is -0.103. The molecule has 0 atom stereocenters. The van der Waals surface area contributed by atoms with Gasteiger partial charge >= 0.3 is 0 Å². The summed E-state index contributed by atoms with van der Waals surface area (Å²) in [7, 11) is 0. The van der Waals surface area contributed by atoms with Crippen LogP contribution in [0.1, 0.15) is 49.8 Å². The summed E-state index contributed by atoms with van der Waals surface area (Å²) in [5.41, 5.74) is 1.34. The summed E-state index contributed by atoms with van der Waals surface area (Å²) < 4.78 is 5.23. The molecule has 0 fully saturated rings. The number of anilines is 1. The van der Waals surface area contributed by atoms with Gasteiger partial charge in [0.05, 0.1) is 12.1 Å². The molecule has 0 aliphatic carbocycles. The second-order valence-corrected chi connectivity index (χ2v) is 6.23. The predicted molar refractivity (Wildman–Crippen MR) is 89.2 cm³/mol. The summed E-state index contributed by atoms with van der Waals surface area (Å²) in [6.07, 6.45) is 0.789. The largest absolute Gasteiger partial charge is 0.375 e. The van der Waals surface area contributed by atoms with E-state index in [0.29, 0.717) is 29.7 Å². The standard InChI is InChI=1S/C17H24N4O2/c1-11(2)9-15-20-16(23-21-15)10-18-14-8-6-5-7-13(14)17(22)19-12(3)4/h5-8,11-12,18H,9-10H2,1-4H3,(H,19,22). The molecule has 1 aromatic carbocycles. The molecule has 0 saturated heterocycles. The van der Waals surface area contributed by atoms with Crippen LogP contribution in [0, 0.1) is 5.92 Å². The zero-order valence-electron chi connectivity index (χ0n) is 14.1. The van der Waals surface area contributed by atoms with Crippen LogP contribution in [0.5, 0.6) is 0 Å². The summed E-state index contributed by atoms with van der Waals surface area (Å²) in [6, 6.07) is 7.46. The van der Waals surface area contributed by atoms with Crippen LogP contribution in [0.2, 0.25) is 0 Å². The first-order valence-electron chi connectivity index (χ1n) is 7.91. The number of nitrogens with one attached hydrogen (secondary N) is 2. The predicted octanol–water partition coefficient (Wildman–Crippen LogP) is 3.02. The Labute approximate surface area is 136 Å². The zero-order valence-corrected chi connectivity index (χ0v) is 14.1. The van der Waals surface area contributed by atoms with E-state index in [1.54, 1.807) is 6.07 Å². The van der Waals surface area contributed by atoms with Crippen molar-refractivity contribution in [3.05, 3.63) is 41.5 Å². The van der Waals surface area contributed by atoms with E-state index in [-0.39, 0.29) is 11.9 Å². The quantitative estimate of drug-likeness (QED) is 0.821. The molecule has 23 heavy (non-hydrogen) atoms. The first-order valence-corrected chi connectivity index (χ1v) is 7.91. The zero-order chi connectivity index (χ0) is 16.8. The highest BCUT2D eigenvalue weighted by atomic mass is 16.5. The maximum atomic E-state index is 12.2. The third kappa shape index (κ3) is 5.09. The van der Waals surface area contributed by atoms with Crippen molar-refractivity contribution in [3.63, 3.8) is 0 Å². The molecule has 2 N–H and O–H groups in total. The van der Waals surface area contributed by atoms with Gasteiger partial charge in [0.15, 0.2) is 5.82 Å². The average Bonchev–Trinajstić information content (AvgIpc) is 2.91. The maximum absolute atomic E-state index is 12.2. The lowest BCUT2D eigenvalue weighted by Gasteiger charge is -2.12. The van der Waals surface area contributed by atoms with Gasteiger partial charge in [0, 0.05) is 18.2 Å². The highest BCUT2D eigenvalue weighted by Gasteiger charge is 2.13. The Balaban J connectivity index is 2.03. The number of amides is 1. The van der Waals surface area contributed by atoms with E-state index in [2.05, 4.69) is 34.6 Å². The number of benzene rings is 1. The van der Waals surface area contributed by atoms with Crippen molar-refractivity contribution in [2.75, 3.05) is 5.32 Å². The van der Waals surface area contributed by atoms with Gasteiger partial charge in [0.2, 0.25) is 5.89 Å². The Kier molecular flexibility index (Phi) is 5.73. The van der Waals surface area contributed by atoms with Crippen LogP contribution in [0.4, 0.5) is 5.69 Å². The van der Waals surface area contributed by atoms with Crippen molar-refractivity contribution < 1.29 is 9.32 Å². The molecule has 0 unspecified atom stereocenters. The molecule has 124 valence electrons. The Morgan fingerprint density at radius 1 is 1.22 bits per heavy atom. The van der Waals surface area contributed by atoms with Crippen LogP contribution in [-0.2, 0) is 13.0 Å². The maximum Gasteiger partial charge on any atom is 0.253 e. The molecule has 0 saturated carbocycles. The number of para-hydroxylation sites is 1. The summed E-state index contributed by atoms with van der Waals surface area (Å²) in [5, 5.41) is 10.0. The minimum absolute atomic E-state index is 0.0880. The lowest BCUT2D eigenvalue weighted by Crippen LogP contribution is -2.30. The molecule has 1 aromatic heterocycles. The monoisotopic (exact) mass is 316 g/mol. The van der Waals surface area contributed by atoms with E-state index in [0.717, 1.165) is 12.1 Å². The minimum Gasteiger partial charge on any atom is -0.375 e. The number of carbonyl (C=O) groups is 1. The SMILES string of the molecule is CC(C)Cc1noc(CNc2ccccc2C(=O)NC(C)C)n1. The van der Waals surface area contributed by atoms with Crippen LogP contribution in [0.3, 0.4) is 0 Å². The summed E-state index contributed by atoms with van der Waals surface area (Å²) in [5.74, 6) is 1.60. The van der Waals surface area contributed by atoms with Crippen molar-refractivity contribution in [1.29, 1.82) is 0 Å². The van der Waals surface area contributed by atoms with Crippen LogP contribution < -0.4 is 10.6 Å². The third-order valence-electron chi connectivity index (χ3n) is 3.12. The van der Waals surface area contributed by atoms with Crippen molar-refractivity contribution in [2.45, 2.75) is 46.7 Å². The van der Waals surface area contributed by atoms with E-state index >= 15 is 0 Å². The molecule has 1 amide bonds. The van der Waals surface area contributed by atoms with Gasteiger partial charge in [-0.1, -0.05) is 31.1 Å². The third-order valence-corrected chi connectivity index (χ3v) is 3.12. The van der Waals surface area contributed by atoms with E-state index < -0.39 is 0 Å². The second-order valence-electron chi connectivity index (χ2n) is 6.23. The number of carbonyl (C=O) groups excluding carboxylic acids is 1. The molecule has 6 nitrogen and oxygen atoms in total. The van der Waals surface area contributed by atoms with Crippen molar-refractivity contribution >= 4 is 11.6 Å². The van der Waals surface area contributed by atoms with E-state index in [1.165, 1.54) is 0 Å². The Morgan fingerprint density at radius 3 is 2.65 bits per heavy atom. The molecule has 0 aliphatic heterocycles. The first-order chi connectivity index (χ1) is 11.0. The van der Waals surface area contributed by atoms with Crippen molar-refractivity contribution in [2.24, 2.45) is 5.92 Å². The first kappa shape index (κ1) is 17.0.